The molecule has 1 aromatic rings. The van der Waals surface area contributed by atoms with Crippen LogP contribution in [0.3, 0.4) is 0 Å². The van der Waals surface area contributed by atoms with Crippen molar-refractivity contribution in [1.82, 2.24) is 14.8 Å². The first-order valence-corrected chi connectivity index (χ1v) is 7.91. The van der Waals surface area contributed by atoms with Gasteiger partial charge in [-0.15, -0.1) is 5.10 Å². The molecular formula is C14H23N5O6. The molecule has 1 saturated heterocycles. The van der Waals surface area contributed by atoms with Crippen LogP contribution >= 0.6 is 0 Å². The first-order valence-electron chi connectivity index (χ1n) is 7.91. The van der Waals surface area contributed by atoms with E-state index in [1.54, 1.807) is 0 Å². The van der Waals surface area contributed by atoms with Crippen LogP contribution in [0.15, 0.2) is 6.33 Å². The van der Waals surface area contributed by atoms with E-state index in [-0.39, 0.29) is 18.3 Å². The second kappa shape index (κ2) is 7.87. The number of nitrogens with zero attached hydrogens (tertiary/aromatic N) is 3. The molecule has 0 radical (unpaired) electrons. The van der Waals surface area contributed by atoms with Crippen molar-refractivity contribution in [1.29, 1.82) is 0 Å². The van der Waals surface area contributed by atoms with E-state index in [0.29, 0.717) is 6.42 Å². The number of carbonyl (C=O) groups excluding carboxylic acids is 2. The molecule has 2 heterocycles. The zero-order valence-electron chi connectivity index (χ0n) is 14.0. The van der Waals surface area contributed by atoms with Crippen LogP contribution in [0.25, 0.3) is 0 Å². The molecule has 11 nitrogen and oxygen atoms in total. The van der Waals surface area contributed by atoms with Crippen molar-refractivity contribution >= 4 is 11.9 Å². The van der Waals surface area contributed by atoms with Crippen molar-refractivity contribution in [2.45, 2.75) is 50.8 Å². The Morgan fingerprint density at radius 2 is 2.12 bits per heavy atom. The number of esters is 1. The predicted octanol–water partition coefficient (Wildman–Crippen LogP) is -2.09. The average Bonchev–Trinajstić information content (AvgIpc) is 3.18. The van der Waals surface area contributed by atoms with Crippen LogP contribution < -0.4 is 11.5 Å². The average molecular weight is 357 g/mol. The fourth-order valence-electron chi connectivity index (χ4n) is 2.34. The summed E-state index contributed by atoms with van der Waals surface area (Å²) in [4.78, 5) is 26.6. The van der Waals surface area contributed by atoms with Gasteiger partial charge in [-0.25, -0.2) is 9.67 Å². The van der Waals surface area contributed by atoms with E-state index in [4.69, 9.17) is 20.9 Å². The lowest BCUT2D eigenvalue weighted by molar-refractivity contribution is -0.153. The predicted molar refractivity (Wildman–Crippen MR) is 82.9 cm³/mol. The molecule has 1 aliphatic heterocycles. The topological polar surface area (TPSA) is 176 Å². The van der Waals surface area contributed by atoms with Gasteiger partial charge in [0.15, 0.2) is 6.23 Å². The van der Waals surface area contributed by atoms with Crippen molar-refractivity contribution < 1.29 is 29.3 Å². The second-order valence-corrected chi connectivity index (χ2v) is 6.00. The third-order valence-corrected chi connectivity index (χ3v) is 4.25. The number of amides is 1. The lowest BCUT2D eigenvalue weighted by atomic mass is 10.0. The number of hydrogen-bond acceptors (Lipinski definition) is 9. The summed E-state index contributed by atoms with van der Waals surface area (Å²) in [5.41, 5.74) is 10.8. The van der Waals surface area contributed by atoms with Crippen molar-refractivity contribution in [3.05, 3.63) is 12.2 Å². The van der Waals surface area contributed by atoms with Gasteiger partial charge in [-0.05, 0) is 5.92 Å². The first-order chi connectivity index (χ1) is 11.8. The van der Waals surface area contributed by atoms with E-state index in [2.05, 4.69) is 10.1 Å². The van der Waals surface area contributed by atoms with E-state index in [1.165, 1.54) is 0 Å². The molecule has 0 bridgehead atoms. The van der Waals surface area contributed by atoms with Crippen LogP contribution in [-0.4, -0.2) is 67.8 Å². The van der Waals surface area contributed by atoms with Crippen molar-refractivity contribution in [2.75, 3.05) is 6.61 Å². The van der Waals surface area contributed by atoms with Crippen molar-refractivity contribution in [2.24, 2.45) is 17.4 Å². The molecule has 25 heavy (non-hydrogen) atoms. The Morgan fingerprint density at radius 3 is 2.68 bits per heavy atom. The maximum absolute atomic E-state index is 11.9. The molecule has 0 saturated carbocycles. The number of carbonyl (C=O) groups is 2. The molecule has 1 fully saturated rings. The molecule has 1 amide bonds. The number of aliphatic hydroxyl groups excluding tert-OH is 2. The molecule has 3 unspecified atom stereocenters. The maximum atomic E-state index is 11.9. The smallest absolute Gasteiger partial charge is 0.323 e. The van der Waals surface area contributed by atoms with E-state index < -0.39 is 42.5 Å². The highest BCUT2D eigenvalue weighted by atomic mass is 16.6. The summed E-state index contributed by atoms with van der Waals surface area (Å²) in [6, 6.07) is -0.780. The van der Waals surface area contributed by atoms with Gasteiger partial charge >= 0.3 is 5.97 Å². The summed E-state index contributed by atoms with van der Waals surface area (Å²) >= 11 is 0. The summed E-state index contributed by atoms with van der Waals surface area (Å²) in [5.74, 6) is -1.75. The fraction of sp³-hybridized carbons (Fsp3) is 0.714. The summed E-state index contributed by atoms with van der Waals surface area (Å²) in [7, 11) is 0. The first kappa shape index (κ1) is 19.2. The quantitative estimate of drug-likeness (QED) is 0.399. The lowest BCUT2D eigenvalue weighted by Crippen LogP contribution is -2.40. The van der Waals surface area contributed by atoms with Gasteiger partial charge in [0.2, 0.25) is 5.82 Å². The number of aliphatic hydroxyl groups is 2. The number of hydrogen-bond donors (Lipinski definition) is 4. The Balaban J connectivity index is 1.97. The molecule has 6 N–H and O–H groups in total. The number of aromatic nitrogens is 3. The van der Waals surface area contributed by atoms with Gasteiger partial charge in [0, 0.05) is 0 Å². The minimum atomic E-state index is -1.35. The van der Waals surface area contributed by atoms with Crippen LogP contribution in [0.4, 0.5) is 0 Å². The molecule has 0 aromatic carbocycles. The highest BCUT2D eigenvalue weighted by molar-refractivity contribution is 5.88. The zero-order valence-corrected chi connectivity index (χ0v) is 14.0. The highest BCUT2D eigenvalue weighted by Crippen LogP contribution is 2.29. The normalized spacial score (nSPS) is 28.5. The number of ether oxygens (including phenoxy) is 2. The number of nitrogens with two attached hydrogens (primary N) is 2. The van der Waals surface area contributed by atoms with Gasteiger partial charge < -0.3 is 31.2 Å². The van der Waals surface area contributed by atoms with Crippen LogP contribution in [0, 0.1) is 5.92 Å². The van der Waals surface area contributed by atoms with Crippen LogP contribution in [-0.2, 0) is 14.3 Å². The van der Waals surface area contributed by atoms with E-state index >= 15 is 0 Å². The minimum absolute atomic E-state index is 0.0531. The molecule has 11 heteroatoms. The summed E-state index contributed by atoms with van der Waals surface area (Å²) in [5, 5.41) is 23.9. The molecule has 6 atom stereocenters. The standard InChI is InChI=1S/C14H23N5O6/c1-3-6(2)8(15)14(23)24-4-7-9(20)10(21)13(25-7)19-5-17-12(18-19)11(16)22/h5-10,13,20-21H,3-4,15H2,1-2H3,(H2,16,22)/t6-,7?,8-,9?,10+,13?/m0/s1. The molecule has 0 aliphatic carbocycles. The second-order valence-electron chi connectivity index (χ2n) is 6.00. The van der Waals surface area contributed by atoms with Crippen LogP contribution in [0.2, 0.25) is 0 Å². The van der Waals surface area contributed by atoms with Gasteiger partial charge in [0.25, 0.3) is 5.91 Å². The van der Waals surface area contributed by atoms with Gasteiger partial charge in [-0.2, -0.15) is 0 Å². The third kappa shape index (κ3) is 4.12. The minimum Gasteiger partial charge on any atom is -0.462 e. The summed E-state index contributed by atoms with van der Waals surface area (Å²) < 4.78 is 11.6. The maximum Gasteiger partial charge on any atom is 0.323 e. The summed E-state index contributed by atoms with van der Waals surface area (Å²) in [6.07, 6.45) is -2.88. The highest BCUT2D eigenvalue weighted by Gasteiger charge is 2.45. The number of rotatable bonds is 7. The van der Waals surface area contributed by atoms with E-state index in [9.17, 15) is 19.8 Å². The van der Waals surface area contributed by atoms with E-state index in [0.717, 1.165) is 11.0 Å². The Kier molecular flexibility index (Phi) is 6.06. The Hall–Kier alpha value is -2.08. The van der Waals surface area contributed by atoms with Gasteiger partial charge in [-0.1, -0.05) is 20.3 Å². The van der Waals surface area contributed by atoms with Gasteiger partial charge in [-0.3, -0.25) is 9.59 Å². The molecule has 2 rings (SSSR count). The fourth-order valence-corrected chi connectivity index (χ4v) is 2.34. The Bertz CT molecular complexity index is 623. The zero-order chi connectivity index (χ0) is 18.7. The van der Waals surface area contributed by atoms with Crippen LogP contribution in [0.1, 0.15) is 37.1 Å². The lowest BCUT2D eigenvalue weighted by Gasteiger charge is -2.19. The molecule has 1 aliphatic rings. The SMILES string of the molecule is CC[C@H](C)[C@H](N)C(=O)OCC1OC(n2cnc(C(N)=O)n2)[C@H](O)C1O. The van der Waals surface area contributed by atoms with Crippen molar-refractivity contribution in [3.8, 4) is 0 Å². The molecule has 1 aromatic heterocycles. The summed E-state index contributed by atoms with van der Waals surface area (Å²) in [6.45, 7) is 3.45. The van der Waals surface area contributed by atoms with Crippen molar-refractivity contribution in [3.63, 3.8) is 0 Å². The molecule has 0 spiro atoms. The van der Waals surface area contributed by atoms with Crippen LogP contribution in [0.5, 0.6) is 0 Å². The monoisotopic (exact) mass is 357 g/mol. The number of primary amides is 1. The van der Waals surface area contributed by atoms with E-state index in [1.807, 2.05) is 13.8 Å². The molecule has 140 valence electrons. The van der Waals surface area contributed by atoms with Gasteiger partial charge in [0.1, 0.15) is 37.3 Å². The third-order valence-electron chi connectivity index (χ3n) is 4.25. The van der Waals surface area contributed by atoms with Gasteiger partial charge in [0.05, 0.1) is 0 Å². The largest absolute Gasteiger partial charge is 0.462 e. The Morgan fingerprint density at radius 1 is 1.44 bits per heavy atom. The molecular weight excluding hydrogens is 334 g/mol. The Labute approximate surface area is 143 Å².